The Labute approximate surface area is 62.1 Å². The summed E-state index contributed by atoms with van der Waals surface area (Å²) in [5.41, 5.74) is 2.55. The second kappa shape index (κ2) is 3.37. The molecule has 54 valence electrons. The van der Waals surface area contributed by atoms with E-state index in [-0.39, 0.29) is 0 Å². The van der Waals surface area contributed by atoms with Crippen molar-refractivity contribution < 1.29 is 0 Å². The molecule has 0 bridgehead atoms. The summed E-state index contributed by atoms with van der Waals surface area (Å²) in [5, 5.41) is 3.23. The van der Waals surface area contributed by atoms with Crippen molar-refractivity contribution in [2.45, 2.75) is 6.92 Å². The van der Waals surface area contributed by atoms with E-state index in [0.29, 0.717) is 0 Å². The van der Waals surface area contributed by atoms with Gasteiger partial charge in [-0.3, -0.25) is 0 Å². The van der Waals surface area contributed by atoms with E-state index < -0.39 is 0 Å². The lowest BCUT2D eigenvalue weighted by Crippen LogP contribution is -2.04. The highest BCUT2D eigenvalue weighted by molar-refractivity contribution is 5.37. The topological polar surface area (TPSA) is 12.0 Å². The highest BCUT2D eigenvalue weighted by atomic mass is 14.9. The Hall–Kier alpha value is -0.820. The molecule has 1 rings (SSSR count). The molecule has 0 unspecified atom stereocenters. The molecule has 0 spiro atoms. The lowest BCUT2D eigenvalue weighted by atomic mass is 10.1. The smallest absolute Gasteiger partial charge is 0.0211 e. The van der Waals surface area contributed by atoms with Gasteiger partial charge < -0.3 is 5.32 Å². The second-order valence-electron chi connectivity index (χ2n) is 2.42. The molecule has 1 heterocycles. The molecule has 0 amide bonds. The summed E-state index contributed by atoms with van der Waals surface area (Å²) < 4.78 is 0. The molecule has 0 radical (unpaired) electrons. The van der Waals surface area contributed by atoms with E-state index in [9.17, 15) is 0 Å². The number of hydrogen-bond donors (Lipinski definition) is 1. The number of rotatable bonds is 1. The van der Waals surface area contributed by atoms with Crippen molar-refractivity contribution in [3.05, 3.63) is 36.0 Å². The fourth-order valence-corrected chi connectivity index (χ4v) is 0.976. The van der Waals surface area contributed by atoms with Crippen molar-refractivity contribution in [2.24, 2.45) is 0 Å². The van der Waals surface area contributed by atoms with Crippen LogP contribution >= 0.6 is 0 Å². The van der Waals surface area contributed by atoms with E-state index in [1.807, 2.05) is 19.1 Å². The third-order valence-corrected chi connectivity index (χ3v) is 1.60. The Morgan fingerprint density at radius 3 is 2.80 bits per heavy atom. The van der Waals surface area contributed by atoms with Crippen LogP contribution in [0, 0.1) is 0 Å². The third-order valence-electron chi connectivity index (χ3n) is 1.60. The molecule has 1 saturated heterocycles. The normalized spacial score (nSPS) is 23.3. The molecule has 0 atom stereocenters. The van der Waals surface area contributed by atoms with E-state index in [0.717, 1.165) is 13.1 Å². The fraction of sp³-hybridized carbons (Fsp3) is 0.333. The molecule has 1 fully saturated rings. The first-order chi connectivity index (χ1) is 4.84. The molecular weight excluding hydrogens is 122 g/mol. The molecule has 1 nitrogen and oxygen atoms in total. The zero-order valence-electron chi connectivity index (χ0n) is 6.35. The lowest BCUT2D eigenvalue weighted by Gasteiger charge is -1.91. The monoisotopic (exact) mass is 135 g/mol. The number of hydrogen-bond acceptors (Lipinski definition) is 1. The minimum Gasteiger partial charge on any atom is -0.309 e. The molecule has 1 aliphatic heterocycles. The average Bonchev–Trinajstić information content (AvgIpc) is 2.31. The van der Waals surface area contributed by atoms with E-state index in [1.54, 1.807) is 0 Å². The van der Waals surface area contributed by atoms with Crippen LogP contribution in [-0.2, 0) is 0 Å². The van der Waals surface area contributed by atoms with Crippen LogP contribution in [0.3, 0.4) is 0 Å². The molecule has 0 aromatic carbocycles. The maximum Gasteiger partial charge on any atom is 0.0211 e. The van der Waals surface area contributed by atoms with Gasteiger partial charge in [-0.25, -0.2) is 0 Å². The molecule has 0 saturated carbocycles. The van der Waals surface area contributed by atoms with Gasteiger partial charge in [0.2, 0.25) is 0 Å². The molecule has 1 N–H and O–H groups in total. The van der Waals surface area contributed by atoms with E-state index in [1.165, 1.54) is 11.1 Å². The van der Waals surface area contributed by atoms with Crippen molar-refractivity contribution in [3.8, 4) is 0 Å². The van der Waals surface area contributed by atoms with Crippen molar-refractivity contribution >= 4 is 0 Å². The first-order valence-corrected chi connectivity index (χ1v) is 3.55. The van der Waals surface area contributed by atoms with Crippen LogP contribution in [0.5, 0.6) is 0 Å². The summed E-state index contributed by atoms with van der Waals surface area (Å²) >= 11 is 0. The van der Waals surface area contributed by atoms with Crippen LogP contribution in [0.1, 0.15) is 6.92 Å². The predicted octanol–water partition coefficient (Wildman–Crippen LogP) is 1.65. The van der Waals surface area contributed by atoms with Crippen molar-refractivity contribution in [3.63, 3.8) is 0 Å². The van der Waals surface area contributed by atoms with Gasteiger partial charge >= 0.3 is 0 Å². The first kappa shape index (κ1) is 7.29. The van der Waals surface area contributed by atoms with Crippen LogP contribution in [-0.4, -0.2) is 13.1 Å². The first-order valence-electron chi connectivity index (χ1n) is 3.55. The minimum atomic E-state index is 0.948. The van der Waals surface area contributed by atoms with E-state index >= 15 is 0 Å². The second-order valence-corrected chi connectivity index (χ2v) is 2.42. The Balaban J connectivity index is 2.62. The van der Waals surface area contributed by atoms with Gasteiger partial charge in [0.05, 0.1) is 0 Å². The van der Waals surface area contributed by atoms with Crippen molar-refractivity contribution in [1.29, 1.82) is 0 Å². The van der Waals surface area contributed by atoms with Gasteiger partial charge in [0.25, 0.3) is 0 Å². The molecule has 1 aliphatic rings. The fourth-order valence-electron chi connectivity index (χ4n) is 0.976. The maximum absolute atomic E-state index is 3.92. The highest BCUT2D eigenvalue weighted by Crippen LogP contribution is 2.11. The van der Waals surface area contributed by atoms with Gasteiger partial charge in [-0.2, -0.15) is 0 Å². The molecule has 0 aromatic heterocycles. The molecular formula is C9H13N. The van der Waals surface area contributed by atoms with E-state index in [4.69, 9.17) is 0 Å². The number of nitrogens with one attached hydrogen (secondary N) is 1. The summed E-state index contributed by atoms with van der Waals surface area (Å²) in [6.45, 7) is 7.86. The van der Waals surface area contributed by atoms with Crippen LogP contribution in [0.4, 0.5) is 0 Å². The van der Waals surface area contributed by atoms with Gasteiger partial charge in [-0.1, -0.05) is 24.8 Å². The predicted molar refractivity (Wildman–Crippen MR) is 44.9 cm³/mol. The third kappa shape index (κ3) is 1.58. The highest BCUT2D eigenvalue weighted by Gasteiger charge is 2.07. The van der Waals surface area contributed by atoms with Gasteiger partial charge in [-0.05, 0) is 18.1 Å². The van der Waals surface area contributed by atoms with Crippen LogP contribution in [0.25, 0.3) is 0 Å². The van der Waals surface area contributed by atoms with E-state index in [2.05, 4.69) is 18.0 Å². The summed E-state index contributed by atoms with van der Waals surface area (Å²) in [5.74, 6) is 0. The Kier molecular flexibility index (Phi) is 2.46. The zero-order valence-corrected chi connectivity index (χ0v) is 6.35. The zero-order chi connectivity index (χ0) is 7.40. The summed E-state index contributed by atoms with van der Waals surface area (Å²) in [6.07, 6.45) is 6.19. The standard InChI is InChI=1S/C9H13N/c1-3-4-5-9-7-10-6-8(9)2/h3-5,10H,2,6-7H2,1H3/b4-3-,9-5-. The van der Waals surface area contributed by atoms with Gasteiger partial charge in [-0.15, -0.1) is 0 Å². The lowest BCUT2D eigenvalue weighted by molar-refractivity contribution is 0.895. The average molecular weight is 135 g/mol. The van der Waals surface area contributed by atoms with Gasteiger partial charge in [0.15, 0.2) is 0 Å². The Bertz CT molecular complexity index is 187. The molecule has 0 aliphatic carbocycles. The molecule has 10 heavy (non-hydrogen) atoms. The minimum absolute atomic E-state index is 0.948. The van der Waals surface area contributed by atoms with Crippen LogP contribution in [0.2, 0.25) is 0 Å². The Morgan fingerprint density at radius 2 is 2.30 bits per heavy atom. The Morgan fingerprint density at radius 1 is 1.50 bits per heavy atom. The maximum atomic E-state index is 3.92. The van der Waals surface area contributed by atoms with Gasteiger partial charge in [0.1, 0.15) is 0 Å². The number of allylic oxidation sites excluding steroid dienone is 3. The molecule has 1 heteroatoms. The molecule has 0 aromatic rings. The SMILES string of the molecule is C=C1CNC/C1=C/C=C\C. The van der Waals surface area contributed by atoms with Crippen molar-refractivity contribution in [1.82, 2.24) is 5.32 Å². The van der Waals surface area contributed by atoms with Crippen LogP contribution < -0.4 is 5.32 Å². The summed E-state index contributed by atoms with van der Waals surface area (Å²) in [7, 11) is 0. The largest absolute Gasteiger partial charge is 0.309 e. The summed E-state index contributed by atoms with van der Waals surface area (Å²) in [4.78, 5) is 0. The van der Waals surface area contributed by atoms with Gasteiger partial charge in [0, 0.05) is 13.1 Å². The van der Waals surface area contributed by atoms with Crippen LogP contribution in [0.15, 0.2) is 36.0 Å². The quantitative estimate of drug-likeness (QED) is 0.576. The summed E-state index contributed by atoms with van der Waals surface area (Å²) in [6, 6.07) is 0. The van der Waals surface area contributed by atoms with Crippen molar-refractivity contribution in [2.75, 3.05) is 13.1 Å².